The smallest absolute Gasteiger partial charge is 0.168 e. The fraction of sp³-hybridized carbons (Fsp3) is 0. The van der Waals surface area contributed by atoms with Crippen LogP contribution in [-0.2, 0) is 0 Å². The van der Waals surface area contributed by atoms with Gasteiger partial charge in [-0.15, -0.1) is 0 Å². The highest BCUT2D eigenvalue weighted by molar-refractivity contribution is 7.80. The lowest BCUT2D eigenvalue weighted by atomic mass is 10.2. The molecule has 0 radical (unpaired) electrons. The van der Waals surface area contributed by atoms with Crippen LogP contribution in [0.4, 0.5) is 10.1 Å². The Hall–Kier alpha value is -1.38. The highest BCUT2D eigenvalue weighted by atomic mass is 35.5. The van der Waals surface area contributed by atoms with Crippen LogP contribution >= 0.6 is 23.8 Å². The Kier molecular flexibility index (Phi) is 3.23. The third-order valence-electron chi connectivity index (χ3n) is 1.46. The van der Waals surface area contributed by atoms with Gasteiger partial charge in [-0.05, 0) is 24.4 Å². The van der Waals surface area contributed by atoms with Gasteiger partial charge >= 0.3 is 0 Å². The molecule has 1 rings (SSSR count). The van der Waals surface area contributed by atoms with E-state index in [0.29, 0.717) is 0 Å². The second-order valence-electron chi connectivity index (χ2n) is 2.38. The van der Waals surface area contributed by atoms with E-state index in [1.165, 1.54) is 12.1 Å². The molecule has 3 nitrogen and oxygen atoms in total. The van der Waals surface area contributed by atoms with Crippen LogP contribution in [0.25, 0.3) is 0 Å². The zero-order chi connectivity index (χ0) is 10.7. The first-order valence-electron chi connectivity index (χ1n) is 3.51. The molecule has 0 aromatic heterocycles. The number of nitriles is 1. The number of benzene rings is 1. The first-order valence-corrected chi connectivity index (χ1v) is 4.29. The predicted molar refractivity (Wildman–Crippen MR) is 56.5 cm³/mol. The van der Waals surface area contributed by atoms with E-state index in [0.717, 1.165) is 0 Å². The zero-order valence-corrected chi connectivity index (χ0v) is 8.42. The molecule has 0 heterocycles. The van der Waals surface area contributed by atoms with Crippen LogP contribution in [0.15, 0.2) is 12.1 Å². The minimum absolute atomic E-state index is 0.0387. The van der Waals surface area contributed by atoms with Crippen LogP contribution in [0.2, 0.25) is 5.02 Å². The number of anilines is 1. The van der Waals surface area contributed by atoms with E-state index >= 15 is 0 Å². The van der Waals surface area contributed by atoms with Gasteiger partial charge in [0.25, 0.3) is 0 Å². The SMILES string of the molecule is N#Cc1c(NC(N)=S)ccc(Cl)c1F. The van der Waals surface area contributed by atoms with E-state index in [2.05, 4.69) is 17.5 Å². The summed E-state index contributed by atoms with van der Waals surface area (Å²) >= 11 is 10.0. The van der Waals surface area contributed by atoms with Crippen LogP contribution in [0.3, 0.4) is 0 Å². The quantitative estimate of drug-likeness (QED) is 0.724. The van der Waals surface area contributed by atoms with Gasteiger partial charge in [-0.1, -0.05) is 11.6 Å². The van der Waals surface area contributed by atoms with Gasteiger partial charge in [0.1, 0.15) is 11.6 Å². The maximum atomic E-state index is 13.2. The van der Waals surface area contributed by atoms with Crippen molar-refractivity contribution in [3.63, 3.8) is 0 Å². The highest BCUT2D eigenvalue weighted by Gasteiger charge is 2.11. The van der Waals surface area contributed by atoms with Gasteiger partial charge in [0.05, 0.1) is 10.7 Å². The molecule has 0 aliphatic carbocycles. The summed E-state index contributed by atoms with van der Waals surface area (Å²) in [5, 5.41) is 11.0. The molecule has 1 aromatic carbocycles. The molecule has 0 fully saturated rings. The van der Waals surface area contributed by atoms with Crippen molar-refractivity contribution >= 4 is 34.6 Å². The van der Waals surface area contributed by atoms with Gasteiger partial charge < -0.3 is 11.1 Å². The van der Waals surface area contributed by atoms with E-state index in [1.54, 1.807) is 6.07 Å². The Balaban J connectivity index is 3.26. The molecule has 0 unspecified atom stereocenters. The molecule has 0 amide bonds. The molecular formula is C8H5ClFN3S. The third-order valence-corrected chi connectivity index (χ3v) is 1.86. The lowest BCUT2D eigenvalue weighted by Crippen LogP contribution is -2.19. The van der Waals surface area contributed by atoms with E-state index in [-0.39, 0.29) is 21.4 Å². The molecule has 3 N–H and O–H groups in total. The van der Waals surface area contributed by atoms with Gasteiger partial charge in [-0.25, -0.2) is 4.39 Å². The van der Waals surface area contributed by atoms with Gasteiger partial charge in [-0.2, -0.15) is 5.26 Å². The van der Waals surface area contributed by atoms with Gasteiger partial charge in [0, 0.05) is 0 Å². The third kappa shape index (κ3) is 2.10. The molecular weight excluding hydrogens is 225 g/mol. The number of nitrogens with two attached hydrogens (primary N) is 1. The van der Waals surface area contributed by atoms with E-state index in [1.807, 2.05) is 0 Å². The number of halogens is 2. The molecule has 0 spiro atoms. The van der Waals surface area contributed by atoms with Crippen molar-refractivity contribution in [1.82, 2.24) is 0 Å². The predicted octanol–water partition coefficient (Wildman–Crippen LogP) is 2.01. The van der Waals surface area contributed by atoms with Crippen LogP contribution in [0.5, 0.6) is 0 Å². The van der Waals surface area contributed by atoms with Crippen molar-refractivity contribution < 1.29 is 4.39 Å². The topological polar surface area (TPSA) is 61.8 Å². The number of thiocarbonyl (C=S) groups is 1. The lowest BCUT2D eigenvalue weighted by molar-refractivity contribution is 0.625. The first kappa shape index (κ1) is 10.7. The molecule has 1 aromatic rings. The lowest BCUT2D eigenvalue weighted by Gasteiger charge is -2.06. The molecule has 0 saturated heterocycles. The second kappa shape index (κ2) is 4.22. The number of hydrogen-bond donors (Lipinski definition) is 2. The average Bonchev–Trinajstić information content (AvgIpc) is 2.11. The minimum Gasteiger partial charge on any atom is -0.376 e. The standard InChI is InChI=1S/C8H5ClFN3S/c9-5-1-2-6(13-8(12)14)4(3-11)7(5)10/h1-2H,(H3,12,13,14). The molecule has 6 heteroatoms. The molecule has 0 saturated carbocycles. The molecule has 72 valence electrons. The van der Waals surface area contributed by atoms with Crippen LogP contribution in [0, 0.1) is 17.1 Å². The van der Waals surface area contributed by atoms with Crippen molar-refractivity contribution in [2.45, 2.75) is 0 Å². The summed E-state index contributed by atoms with van der Waals surface area (Å²) in [6, 6.07) is 4.42. The van der Waals surface area contributed by atoms with E-state index < -0.39 is 5.82 Å². The van der Waals surface area contributed by atoms with Crippen molar-refractivity contribution in [3.05, 3.63) is 28.5 Å². The molecule has 14 heavy (non-hydrogen) atoms. The summed E-state index contributed by atoms with van der Waals surface area (Å²) in [7, 11) is 0. The van der Waals surface area contributed by atoms with E-state index in [4.69, 9.17) is 22.6 Å². The second-order valence-corrected chi connectivity index (χ2v) is 3.23. The summed E-state index contributed by atoms with van der Waals surface area (Å²) in [4.78, 5) is 0. The Morgan fingerprint density at radius 3 is 2.79 bits per heavy atom. The van der Waals surface area contributed by atoms with Crippen LogP contribution in [0.1, 0.15) is 5.56 Å². The van der Waals surface area contributed by atoms with Gasteiger partial charge in [-0.3, -0.25) is 0 Å². The van der Waals surface area contributed by atoms with Crippen molar-refractivity contribution in [2.75, 3.05) is 5.32 Å². The Morgan fingerprint density at radius 2 is 2.29 bits per heavy atom. The molecule has 0 aliphatic rings. The van der Waals surface area contributed by atoms with E-state index in [9.17, 15) is 4.39 Å². The minimum atomic E-state index is -0.782. The Morgan fingerprint density at radius 1 is 1.64 bits per heavy atom. The number of nitrogens with zero attached hydrogens (tertiary/aromatic N) is 1. The highest BCUT2D eigenvalue weighted by Crippen LogP contribution is 2.24. The normalized spacial score (nSPS) is 9.21. The maximum Gasteiger partial charge on any atom is 0.168 e. The summed E-state index contributed by atoms with van der Waals surface area (Å²) in [5.74, 6) is -0.782. The first-order chi connectivity index (χ1) is 6.56. The fourth-order valence-electron chi connectivity index (χ4n) is 0.897. The summed E-state index contributed by atoms with van der Waals surface area (Å²) in [5.41, 5.74) is 5.20. The zero-order valence-electron chi connectivity index (χ0n) is 6.84. The summed E-state index contributed by atoms with van der Waals surface area (Å²) in [6.07, 6.45) is 0. The Labute approximate surface area is 90.3 Å². The Bertz CT molecular complexity index is 427. The number of hydrogen-bond acceptors (Lipinski definition) is 2. The fourth-order valence-corrected chi connectivity index (χ4v) is 1.16. The number of rotatable bonds is 1. The van der Waals surface area contributed by atoms with Crippen molar-refractivity contribution in [2.24, 2.45) is 5.73 Å². The number of nitrogens with one attached hydrogen (secondary N) is 1. The summed E-state index contributed by atoms with van der Waals surface area (Å²) < 4.78 is 13.2. The molecule has 0 atom stereocenters. The maximum absolute atomic E-state index is 13.2. The largest absolute Gasteiger partial charge is 0.376 e. The van der Waals surface area contributed by atoms with Gasteiger partial charge in [0.2, 0.25) is 0 Å². The van der Waals surface area contributed by atoms with Crippen molar-refractivity contribution in [1.29, 1.82) is 5.26 Å². The van der Waals surface area contributed by atoms with Gasteiger partial charge in [0.15, 0.2) is 10.9 Å². The molecule has 0 bridgehead atoms. The van der Waals surface area contributed by atoms with Crippen LogP contribution in [-0.4, -0.2) is 5.11 Å². The molecule has 0 aliphatic heterocycles. The average molecular weight is 230 g/mol. The summed E-state index contributed by atoms with van der Waals surface area (Å²) in [6.45, 7) is 0. The van der Waals surface area contributed by atoms with Crippen LogP contribution < -0.4 is 11.1 Å². The monoisotopic (exact) mass is 229 g/mol. The van der Waals surface area contributed by atoms with Crippen molar-refractivity contribution in [3.8, 4) is 6.07 Å².